The second kappa shape index (κ2) is 16.2. The Morgan fingerprint density at radius 2 is 0.980 bits per heavy atom. The van der Waals surface area contributed by atoms with Gasteiger partial charge in [-0.1, -0.05) is 188 Å². The molecular weight excluding hydrogens is 755 g/mol. The van der Waals surface area contributed by atoms with Gasteiger partial charge in [-0.15, -0.1) is 0 Å². The van der Waals surface area contributed by atoms with Crippen LogP contribution in [0.3, 0.4) is 0 Å². The Balaban J connectivity index is 0.00000144. The van der Waals surface area contributed by atoms with Crippen molar-refractivity contribution in [3.05, 3.63) is 129 Å². The molecule has 0 aromatic heterocycles. The zero-order chi connectivity index (χ0) is 36.5. The van der Waals surface area contributed by atoms with Crippen molar-refractivity contribution in [3.8, 4) is 22.3 Å². The molecule has 0 nitrogen and oxygen atoms in total. The minimum absolute atomic E-state index is 0.162. The molecule has 3 aliphatic carbocycles. The molecule has 1 fully saturated rings. The Morgan fingerprint density at radius 3 is 1.35 bits per heavy atom. The maximum absolute atomic E-state index is 4.93. The van der Waals surface area contributed by atoms with Crippen LogP contribution in [0.25, 0.3) is 34.4 Å². The van der Waals surface area contributed by atoms with Gasteiger partial charge in [0.25, 0.3) is 0 Å². The van der Waals surface area contributed by atoms with Gasteiger partial charge < -0.3 is 0 Å². The Bertz CT molecular complexity index is 1750. The molecule has 0 aliphatic heterocycles. The van der Waals surface area contributed by atoms with E-state index >= 15 is 0 Å². The molecule has 7 rings (SSSR count). The molecule has 4 aromatic rings. The third-order valence-electron chi connectivity index (χ3n) is 12.0. The molecule has 4 aromatic carbocycles. The van der Waals surface area contributed by atoms with E-state index in [0.717, 1.165) is 5.92 Å². The SMILES string of the molecule is CC1=Cc2c(-c3ccc(C(C)(C)C)cc3)cccc2C1[SiH](CC1CCCCC1)C1C(C)=Cc2c(-c3ccc(C(C)(C)C)cc3)cccc21.[Cl][Zr][Cl]. The maximum atomic E-state index is 4.93. The van der Waals surface area contributed by atoms with E-state index in [9.17, 15) is 0 Å². The molecule has 0 heterocycles. The van der Waals surface area contributed by atoms with Crippen LogP contribution in [0.4, 0.5) is 0 Å². The van der Waals surface area contributed by atoms with E-state index in [4.69, 9.17) is 17.0 Å². The molecule has 2 atom stereocenters. The van der Waals surface area contributed by atoms with Crippen molar-refractivity contribution in [2.24, 2.45) is 5.92 Å². The van der Waals surface area contributed by atoms with Gasteiger partial charge in [0, 0.05) is 0 Å². The van der Waals surface area contributed by atoms with E-state index < -0.39 is 29.6 Å². The minimum atomic E-state index is -1.43. The van der Waals surface area contributed by atoms with E-state index in [-0.39, 0.29) is 10.8 Å². The van der Waals surface area contributed by atoms with Crippen LogP contribution in [0, 0.1) is 5.92 Å². The summed E-state index contributed by atoms with van der Waals surface area (Å²) >= 11 is -0.826. The molecule has 0 amide bonds. The predicted octanol–water partition coefficient (Wildman–Crippen LogP) is 14.6. The average Bonchev–Trinajstić information content (AvgIpc) is 3.62. The standard InChI is InChI=1S/C47H56Si.2ClH.Zr/c1-31-28-42-38(34-20-24-36(25-21-34)46(3,4)5)16-12-18-40(42)44(31)48(30-33-14-10-9-11-15-33)45-32(2)29-43-39(17-13-19-41(43)45)35-22-26-37(27-23-35)47(6,7)8;;;/h12-13,16-29,33,44-45,48H,9-11,14-15,30H2,1-8H3;2*1H;/q;;;+2/p-2. The van der Waals surface area contributed by atoms with Gasteiger partial charge in [-0.05, 0) is 97.3 Å². The summed E-state index contributed by atoms with van der Waals surface area (Å²) in [5.41, 5.74) is 19.1. The van der Waals surface area contributed by atoms with E-state index in [0.29, 0.717) is 11.1 Å². The number of hydrogen-bond acceptors (Lipinski definition) is 0. The molecule has 0 bridgehead atoms. The van der Waals surface area contributed by atoms with Crippen molar-refractivity contribution in [2.45, 2.75) is 115 Å². The van der Waals surface area contributed by atoms with Crippen molar-refractivity contribution >= 4 is 38.0 Å². The average molecular weight is 811 g/mol. The van der Waals surface area contributed by atoms with Gasteiger partial charge in [0.15, 0.2) is 0 Å². The summed E-state index contributed by atoms with van der Waals surface area (Å²) in [6.07, 6.45) is 12.3. The van der Waals surface area contributed by atoms with Crippen molar-refractivity contribution in [1.29, 1.82) is 0 Å². The van der Waals surface area contributed by atoms with Crippen LogP contribution in [-0.2, 0) is 31.7 Å². The number of allylic oxidation sites excluding steroid dienone is 2. The molecule has 3 aliphatic rings. The molecule has 0 radical (unpaired) electrons. The Labute approximate surface area is 329 Å². The van der Waals surface area contributed by atoms with Crippen LogP contribution in [0.2, 0.25) is 6.04 Å². The fourth-order valence-corrected chi connectivity index (χ4v) is 14.6. The van der Waals surface area contributed by atoms with Gasteiger partial charge >= 0.3 is 37.9 Å². The normalized spacial score (nSPS) is 19.3. The molecule has 266 valence electrons. The predicted molar refractivity (Wildman–Crippen MR) is 224 cm³/mol. The Hall–Kier alpha value is -1.96. The fourth-order valence-electron chi connectivity index (χ4n) is 9.37. The topological polar surface area (TPSA) is 0 Å². The van der Waals surface area contributed by atoms with Gasteiger partial charge in [-0.3, -0.25) is 0 Å². The molecule has 51 heavy (non-hydrogen) atoms. The summed E-state index contributed by atoms with van der Waals surface area (Å²) in [6, 6.07) is 34.7. The van der Waals surface area contributed by atoms with E-state index in [1.807, 2.05) is 0 Å². The van der Waals surface area contributed by atoms with Crippen LogP contribution in [-0.4, -0.2) is 8.80 Å². The van der Waals surface area contributed by atoms with Crippen LogP contribution >= 0.6 is 17.0 Å². The van der Waals surface area contributed by atoms with E-state index in [1.165, 1.54) is 82.7 Å². The van der Waals surface area contributed by atoms with Gasteiger partial charge in [0.05, 0.1) is 8.80 Å². The number of fused-ring (bicyclic) bond motifs is 2. The van der Waals surface area contributed by atoms with Crippen molar-refractivity contribution in [3.63, 3.8) is 0 Å². The third-order valence-corrected chi connectivity index (χ3v) is 16.7. The van der Waals surface area contributed by atoms with Gasteiger partial charge in [0.2, 0.25) is 0 Å². The van der Waals surface area contributed by atoms with Crippen molar-refractivity contribution in [1.82, 2.24) is 0 Å². The van der Waals surface area contributed by atoms with Gasteiger partial charge in [0.1, 0.15) is 0 Å². The summed E-state index contributed by atoms with van der Waals surface area (Å²) < 4.78 is 0. The number of rotatable bonds is 6. The summed E-state index contributed by atoms with van der Waals surface area (Å²) in [4.78, 5) is 0. The van der Waals surface area contributed by atoms with E-state index in [1.54, 1.807) is 22.3 Å². The Kier molecular flexibility index (Phi) is 12.3. The quantitative estimate of drug-likeness (QED) is 0.170. The van der Waals surface area contributed by atoms with Gasteiger partial charge in [-0.25, -0.2) is 0 Å². The first kappa shape index (κ1) is 38.8. The molecule has 0 saturated heterocycles. The molecule has 0 spiro atoms. The second-order valence-electron chi connectivity index (χ2n) is 17.5. The van der Waals surface area contributed by atoms with Gasteiger partial charge in [-0.2, -0.15) is 0 Å². The zero-order valence-corrected chi connectivity index (χ0v) is 37.2. The number of benzene rings is 4. The number of hydrogen-bond donors (Lipinski definition) is 0. The van der Waals surface area contributed by atoms with Crippen LogP contribution < -0.4 is 0 Å². The van der Waals surface area contributed by atoms with Crippen molar-refractivity contribution < 1.29 is 20.8 Å². The van der Waals surface area contributed by atoms with E-state index in [2.05, 4.69) is 152 Å². The Morgan fingerprint density at radius 1 is 0.588 bits per heavy atom. The van der Waals surface area contributed by atoms with Crippen LogP contribution in [0.5, 0.6) is 0 Å². The van der Waals surface area contributed by atoms with Crippen LogP contribution in [0.1, 0.15) is 132 Å². The summed E-state index contributed by atoms with van der Waals surface area (Å²) in [6.45, 7) is 18.7. The summed E-state index contributed by atoms with van der Waals surface area (Å²) in [5.74, 6) is 0.880. The summed E-state index contributed by atoms with van der Waals surface area (Å²) in [7, 11) is 8.44. The first-order chi connectivity index (χ1) is 24.3. The van der Waals surface area contributed by atoms with Crippen LogP contribution in [0.15, 0.2) is 96.1 Å². The molecule has 1 saturated carbocycles. The monoisotopic (exact) mass is 808 g/mol. The summed E-state index contributed by atoms with van der Waals surface area (Å²) in [5, 5.41) is 0. The molecule has 2 unspecified atom stereocenters. The fraction of sp³-hybridized carbons (Fsp3) is 0.404. The first-order valence-electron chi connectivity index (χ1n) is 19.1. The van der Waals surface area contributed by atoms with Crippen molar-refractivity contribution in [2.75, 3.05) is 0 Å². The first-order valence-corrected chi connectivity index (χ1v) is 27.6. The second-order valence-corrected chi connectivity index (χ2v) is 24.3. The zero-order valence-electron chi connectivity index (χ0n) is 32.0. The molecule has 4 heteroatoms. The number of halogens is 2. The third kappa shape index (κ3) is 8.41. The molecule has 0 N–H and O–H groups in total. The molecular formula is C47H56Cl2SiZr.